The number of benzene rings is 2. The number of nitrogens with two attached hydrogens (primary N) is 1. The van der Waals surface area contributed by atoms with Crippen LogP contribution in [0.15, 0.2) is 42.5 Å². The molecule has 0 saturated heterocycles. The van der Waals surface area contributed by atoms with Crippen LogP contribution in [-0.2, 0) is 6.42 Å². The van der Waals surface area contributed by atoms with Gasteiger partial charge in [0.1, 0.15) is 17.7 Å². The predicted octanol–water partition coefficient (Wildman–Crippen LogP) is 5.40. The van der Waals surface area contributed by atoms with Gasteiger partial charge in [0.2, 0.25) is 0 Å². The molecule has 4 unspecified atom stereocenters. The van der Waals surface area contributed by atoms with Gasteiger partial charge in [-0.25, -0.2) is 4.39 Å². The summed E-state index contributed by atoms with van der Waals surface area (Å²) in [5, 5.41) is 0. The molecule has 2 nitrogen and oxygen atoms in total. The highest BCUT2D eigenvalue weighted by atomic mass is 19.1. The summed E-state index contributed by atoms with van der Waals surface area (Å²) in [6.07, 6.45) is 13.4. The Kier molecular flexibility index (Phi) is 5.69. The van der Waals surface area contributed by atoms with Gasteiger partial charge in [0.05, 0.1) is 5.56 Å². The van der Waals surface area contributed by atoms with Crippen molar-refractivity contribution in [3.63, 3.8) is 0 Å². The Balaban J connectivity index is 1.56. The zero-order valence-electron chi connectivity index (χ0n) is 16.2. The molecule has 4 atom stereocenters. The fourth-order valence-electron chi connectivity index (χ4n) is 4.99. The fourth-order valence-corrected chi connectivity index (χ4v) is 4.99. The third kappa shape index (κ3) is 4.08. The summed E-state index contributed by atoms with van der Waals surface area (Å²) in [6, 6.07) is 13.6. The average Bonchev–Trinajstić information content (AvgIpc) is 2.87. The molecule has 0 aromatic heterocycles. The van der Waals surface area contributed by atoms with Gasteiger partial charge in [-0.1, -0.05) is 49.4 Å². The number of hydrogen-bond acceptors (Lipinski definition) is 2. The number of rotatable bonds is 4. The number of hydrogen-bond donors (Lipinski definition) is 1. The molecule has 0 aliphatic heterocycles. The van der Waals surface area contributed by atoms with Gasteiger partial charge >= 0.3 is 0 Å². The molecule has 2 aromatic rings. The summed E-state index contributed by atoms with van der Waals surface area (Å²) < 4.78 is 20.5. The van der Waals surface area contributed by atoms with Gasteiger partial charge in [-0.05, 0) is 54.9 Å². The van der Waals surface area contributed by atoms with Crippen LogP contribution < -0.4 is 10.5 Å². The second-order valence-corrected chi connectivity index (χ2v) is 8.37. The largest absolute Gasteiger partial charge is 0.485 e. The number of terminal acetylenes is 1. The molecule has 0 heterocycles. The summed E-state index contributed by atoms with van der Waals surface area (Å²) >= 11 is 0. The van der Waals surface area contributed by atoms with E-state index in [0.29, 0.717) is 23.6 Å². The zero-order valence-corrected chi connectivity index (χ0v) is 16.2. The molecule has 2 aliphatic carbocycles. The molecule has 0 bridgehead atoms. The van der Waals surface area contributed by atoms with Crippen molar-refractivity contribution in [1.29, 1.82) is 0 Å². The molecule has 2 aliphatic rings. The Labute approximate surface area is 167 Å². The van der Waals surface area contributed by atoms with Crippen molar-refractivity contribution in [1.82, 2.24) is 0 Å². The third-order valence-electron chi connectivity index (χ3n) is 6.34. The van der Waals surface area contributed by atoms with E-state index < -0.39 is 5.82 Å². The molecule has 2 N–H and O–H groups in total. The summed E-state index contributed by atoms with van der Waals surface area (Å²) in [5.41, 5.74) is 9.14. The molecule has 0 radical (unpaired) electrons. The van der Waals surface area contributed by atoms with Gasteiger partial charge in [-0.3, -0.25) is 0 Å². The number of fused-ring (bicyclic) bond motifs is 1. The van der Waals surface area contributed by atoms with Crippen LogP contribution in [0, 0.1) is 30.0 Å². The Morgan fingerprint density at radius 1 is 1.14 bits per heavy atom. The number of halogens is 1. The van der Waals surface area contributed by atoms with Crippen LogP contribution in [0.4, 0.5) is 4.39 Å². The average molecular weight is 378 g/mol. The molecule has 0 spiro atoms. The molecule has 1 saturated carbocycles. The highest BCUT2D eigenvalue weighted by Crippen LogP contribution is 2.44. The van der Waals surface area contributed by atoms with Crippen molar-refractivity contribution in [2.45, 2.75) is 57.1 Å². The van der Waals surface area contributed by atoms with Gasteiger partial charge < -0.3 is 10.5 Å². The predicted molar refractivity (Wildman–Crippen MR) is 111 cm³/mol. The Hall–Kier alpha value is -2.31. The van der Waals surface area contributed by atoms with Crippen LogP contribution in [0.1, 0.15) is 61.3 Å². The van der Waals surface area contributed by atoms with Crippen molar-refractivity contribution in [3.8, 4) is 18.1 Å². The minimum Gasteiger partial charge on any atom is -0.485 e. The second kappa shape index (κ2) is 8.37. The van der Waals surface area contributed by atoms with Crippen molar-refractivity contribution >= 4 is 0 Å². The van der Waals surface area contributed by atoms with Crippen LogP contribution in [0.3, 0.4) is 0 Å². The highest BCUT2D eigenvalue weighted by molar-refractivity contribution is 5.40. The topological polar surface area (TPSA) is 35.2 Å². The molecular formula is C25H28FNO. The lowest BCUT2D eigenvalue weighted by Crippen LogP contribution is -2.24. The maximum atomic E-state index is 14.1. The molecule has 0 amide bonds. The van der Waals surface area contributed by atoms with E-state index in [1.54, 1.807) is 12.1 Å². The SMILES string of the molecule is C#Cc1ccc(OC2c3ccccc3CC2CC2CCCCC(N)C2)cc1F. The molecule has 2 aromatic carbocycles. The quantitative estimate of drug-likeness (QED) is 0.572. The molecule has 28 heavy (non-hydrogen) atoms. The first kappa shape index (κ1) is 19.0. The van der Waals surface area contributed by atoms with Gasteiger partial charge in [-0.2, -0.15) is 0 Å². The van der Waals surface area contributed by atoms with Crippen molar-refractivity contribution in [3.05, 3.63) is 65.0 Å². The van der Waals surface area contributed by atoms with E-state index in [1.807, 2.05) is 0 Å². The van der Waals surface area contributed by atoms with Crippen LogP contribution in [-0.4, -0.2) is 6.04 Å². The second-order valence-electron chi connectivity index (χ2n) is 8.37. The standard InChI is InChI=1S/C25H28FNO/c1-2-18-11-12-22(16-24(18)26)28-25-20(15-19-8-4-6-10-23(19)25)13-17-7-3-5-9-21(27)14-17/h1,4,6,8,10-12,16-17,20-21,25H,3,5,7,9,13-15,27H2. The molecule has 146 valence electrons. The Bertz CT molecular complexity index is 871. The number of ether oxygens (including phenoxy) is 1. The van der Waals surface area contributed by atoms with E-state index in [0.717, 1.165) is 25.7 Å². The van der Waals surface area contributed by atoms with E-state index >= 15 is 0 Å². The fraction of sp³-hybridized carbons (Fsp3) is 0.440. The van der Waals surface area contributed by atoms with Crippen LogP contribution in [0.2, 0.25) is 0 Å². The lowest BCUT2D eigenvalue weighted by atomic mass is 9.85. The minimum atomic E-state index is -0.405. The molecule has 3 heteroatoms. The Morgan fingerprint density at radius 3 is 2.79 bits per heavy atom. The normalized spacial score (nSPS) is 26.9. The van der Waals surface area contributed by atoms with E-state index in [9.17, 15) is 4.39 Å². The maximum Gasteiger partial charge on any atom is 0.142 e. The first-order chi connectivity index (χ1) is 13.6. The first-order valence-corrected chi connectivity index (χ1v) is 10.4. The lowest BCUT2D eigenvalue weighted by Gasteiger charge is -2.26. The van der Waals surface area contributed by atoms with Crippen molar-refractivity contribution in [2.24, 2.45) is 17.6 Å². The van der Waals surface area contributed by atoms with Gasteiger partial charge in [0, 0.05) is 18.0 Å². The van der Waals surface area contributed by atoms with Crippen LogP contribution in [0.25, 0.3) is 0 Å². The van der Waals surface area contributed by atoms with E-state index in [-0.39, 0.29) is 11.7 Å². The van der Waals surface area contributed by atoms with Crippen molar-refractivity contribution < 1.29 is 9.13 Å². The third-order valence-corrected chi connectivity index (χ3v) is 6.34. The van der Waals surface area contributed by atoms with E-state index in [2.05, 4.69) is 30.2 Å². The summed E-state index contributed by atoms with van der Waals surface area (Å²) in [6.45, 7) is 0. The molecule has 1 fully saturated rings. The summed E-state index contributed by atoms with van der Waals surface area (Å²) in [5.74, 6) is 3.53. The van der Waals surface area contributed by atoms with Gasteiger partial charge in [0.25, 0.3) is 0 Å². The smallest absolute Gasteiger partial charge is 0.142 e. The van der Waals surface area contributed by atoms with Crippen LogP contribution >= 0.6 is 0 Å². The molecular weight excluding hydrogens is 349 g/mol. The minimum absolute atomic E-state index is 0.0493. The first-order valence-electron chi connectivity index (χ1n) is 10.4. The zero-order chi connectivity index (χ0) is 19.5. The molecule has 4 rings (SSSR count). The lowest BCUT2D eigenvalue weighted by molar-refractivity contribution is 0.127. The van der Waals surface area contributed by atoms with Gasteiger partial charge in [0.15, 0.2) is 0 Å². The maximum absolute atomic E-state index is 14.1. The highest BCUT2D eigenvalue weighted by Gasteiger charge is 2.36. The van der Waals surface area contributed by atoms with Crippen LogP contribution in [0.5, 0.6) is 5.75 Å². The Morgan fingerprint density at radius 2 is 1.96 bits per heavy atom. The summed E-state index contributed by atoms with van der Waals surface area (Å²) in [4.78, 5) is 0. The van der Waals surface area contributed by atoms with E-state index in [4.69, 9.17) is 16.9 Å². The van der Waals surface area contributed by atoms with Gasteiger partial charge in [-0.15, -0.1) is 6.42 Å². The van der Waals surface area contributed by atoms with E-state index in [1.165, 1.54) is 36.5 Å². The van der Waals surface area contributed by atoms with Crippen molar-refractivity contribution in [2.75, 3.05) is 0 Å². The monoisotopic (exact) mass is 377 g/mol. The summed E-state index contributed by atoms with van der Waals surface area (Å²) in [7, 11) is 0.